The fourth-order valence-electron chi connectivity index (χ4n) is 1.35. The number of aromatic amines is 1. The lowest BCUT2D eigenvalue weighted by atomic mass is 10.1. The van der Waals surface area contributed by atoms with E-state index in [1.54, 1.807) is 0 Å². The maximum absolute atomic E-state index is 5.07. The van der Waals surface area contributed by atoms with E-state index in [4.69, 9.17) is 12.2 Å². The van der Waals surface area contributed by atoms with E-state index < -0.39 is 0 Å². The van der Waals surface area contributed by atoms with E-state index in [1.165, 1.54) is 11.1 Å². The Morgan fingerprint density at radius 3 is 2.36 bits per heavy atom. The zero-order valence-electron chi connectivity index (χ0n) is 7.95. The molecule has 0 bridgehead atoms. The Bertz CT molecular complexity index is 482. The van der Waals surface area contributed by atoms with Crippen LogP contribution in [0.25, 0.3) is 11.3 Å². The summed E-state index contributed by atoms with van der Waals surface area (Å²) in [6.07, 6.45) is 0. The van der Waals surface area contributed by atoms with Gasteiger partial charge in [-0.2, -0.15) is 0 Å². The fourth-order valence-corrected chi connectivity index (χ4v) is 1.54. The number of aryl methyl sites for hydroxylation is 1. The second kappa shape index (κ2) is 3.76. The standard InChI is InChI=1S/C12H11NS/c1-9-5-7-10(8-6-9)11-3-2-4-12(14)13-11/h2-8H,1H3,(H,13,14). The van der Waals surface area contributed by atoms with Crippen molar-refractivity contribution < 1.29 is 0 Å². The van der Waals surface area contributed by atoms with Crippen LogP contribution in [0, 0.1) is 11.6 Å². The molecule has 0 atom stereocenters. The molecule has 0 aliphatic carbocycles. The van der Waals surface area contributed by atoms with Gasteiger partial charge in [0, 0.05) is 5.69 Å². The third-order valence-electron chi connectivity index (χ3n) is 2.13. The number of aromatic nitrogens is 1. The summed E-state index contributed by atoms with van der Waals surface area (Å²) in [5.74, 6) is 0. The molecule has 0 saturated heterocycles. The summed E-state index contributed by atoms with van der Waals surface area (Å²) < 4.78 is 0.767. The number of pyridine rings is 1. The van der Waals surface area contributed by atoms with Crippen LogP contribution in [0.1, 0.15) is 5.56 Å². The molecule has 1 aromatic carbocycles. The Balaban J connectivity index is 2.50. The van der Waals surface area contributed by atoms with Crippen molar-refractivity contribution in [2.45, 2.75) is 6.92 Å². The van der Waals surface area contributed by atoms with Gasteiger partial charge in [0.1, 0.15) is 4.64 Å². The largest absolute Gasteiger partial charge is 0.346 e. The zero-order chi connectivity index (χ0) is 9.97. The van der Waals surface area contributed by atoms with Crippen LogP contribution in [0.5, 0.6) is 0 Å². The van der Waals surface area contributed by atoms with Gasteiger partial charge in [-0.25, -0.2) is 0 Å². The minimum Gasteiger partial charge on any atom is -0.346 e. The van der Waals surface area contributed by atoms with Crippen molar-refractivity contribution in [1.29, 1.82) is 0 Å². The van der Waals surface area contributed by atoms with Gasteiger partial charge in [-0.3, -0.25) is 0 Å². The van der Waals surface area contributed by atoms with Crippen LogP contribution in [0.2, 0.25) is 0 Å². The summed E-state index contributed by atoms with van der Waals surface area (Å²) in [5, 5.41) is 0. The number of nitrogens with one attached hydrogen (secondary N) is 1. The van der Waals surface area contributed by atoms with Crippen LogP contribution in [0.3, 0.4) is 0 Å². The van der Waals surface area contributed by atoms with Gasteiger partial charge in [-0.05, 0) is 24.6 Å². The summed E-state index contributed by atoms with van der Waals surface area (Å²) in [5.41, 5.74) is 3.50. The first kappa shape index (κ1) is 9.16. The molecule has 2 aromatic rings. The van der Waals surface area contributed by atoms with Crippen LogP contribution < -0.4 is 0 Å². The van der Waals surface area contributed by atoms with Crippen molar-refractivity contribution in [2.75, 3.05) is 0 Å². The summed E-state index contributed by atoms with van der Waals surface area (Å²) in [6, 6.07) is 14.3. The van der Waals surface area contributed by atoms with Gasteiger partial charge in [-0.1, -0.05) is 48.1 Å². The van der Waals surface area contributed by atoms with E-state index in [0.717, 1.165) is 10.3 Å². The van der Waals surface area contributed by atoms with Crippen LogP contribution >= 0.6 is 12.2 Å². The number of benzene rings is 1. The van der Waals surface area contributed by atoms with Crippen LogP contribution in [0.15, 0.2) is 42.5 Å². The first-order valence-electron chi connectivity index (χ1n) is 4.52. The molecule has 0 unspecified atom stereocenters. The molecular weight excluding hydrogens is 190 g/mol. The quantitative estimate of drug-likeness (QED) is 0.695. The molecule has 1 nitrogen and oxygen atoms in total. The molecule has 0 saturated carbocycles. The fraction of sp³-hybridized carbons (Fsp3) is 0.0833. The third-order valence-corrected chi connectivity index (χ3v) is 2.37. The topological polar surface area (TPSA) is 15.8 Å². The van der Waals surface area contributed by atoms with E-state index >= 15 is 0 Å². The molecule has 1 aromatic heterocycles. The summed E-state index contributed by atoms with van der Waals surface area (Å²) >= 11 is 5.07. The Morgan fingerprint density at radius 2 is 1.71 bits per heavy atom. The molecular formula is C12H11NS. The van der Waals surface area contributed by atoms with Crippen molar-refractivity contribution in [3.8, 4) is 11.3 Å². The Morgan fingerprint density at radius 1 is 1.00 bits per heavy atom. The van der Waals surface area contributed by atoms with Crippen molar-refractivity contribution in [2.24, 2.45) is 0 Å². The van der Waals surface area contributed by atoms with Crippen LogP contribution in [0.4, 0.5) is 0 Å². The van der Waals surface area contributed by atoms with Crippen molar-refractivity contribution in [1.82, 2.24) is 4.98 Å². The highest BCUT2D eigenvalue weighted by atomic mass is 32.1. The second-order valence-electron chi connectivity index (χ2n) is 3.29. The Kier molecular flexibility index (Phi) is 2.46. The van der Waals surface area contributed by atoms with E-state index in [1.807, 2.05) is 18.2 Å². The van der Waals surface area contributed by atoms with Gasteiger partial charge < -0.3 is 4.98 Å². The van der Waals surface area contributed by atoms with Gasteiger partial charge in [0.15, 0.2) is 0 Å². The normalized spacial score (nSPS) is 10.1. The van der Waals surface area contributed by atoms with Crippen molar-refractivity contribution in [3.05, 3.63) is 52.7 Å². The highest BCUT2D eigenvalue weighted by Gasteiger charge is 1.95. The van der Waals surface area contributed by atoms with Gasteiger partial charge in [0.05, 0.1) is 0 Å². The van der Waals surface area contributed by atoms with Gasteiger partial charge in [-0.15, -0.1) is 0 Å². The maximum Gasteiger partial charge on any atom is 0.103 e. The number of hydrogen-bond acceptors (Lipinski definition) is 1. The molecule has 0 spiro atoms. The predicted molar refractivity (Wildman–Crippen MR) is 61.8 cm³/mol. The molecule has 0 fully saturated rings. The molecule has 0 amide bonds. The van der Waals surface area contributed by atoms with Crippen molar-refractivity contribution >= 4 is 12.2 Å². The van der Waals surface area contributed by atoms with E-state index in [-0.39, 0.29) is 0 Å². The molecule has 0 aliphatic rings. The molecule has 1 heterocycles. The number of rotatable bonds is 1. The lowest BCUT2D eigenvalue weighted by Crippen LogP contribution is -1.83. The SMILES string of the molecule is Cc1ccc(-c2cccc(=S)[nH]2)cc1. The molecule has 14 heavy (non-hydrogen) atoms. The molecule has 1 N–H and O–H groups in total. The maximum atomic E-state index is 5.07. The predicted octanol–water partition coefficient (Wildman–Crippen LogP) is 3.72. The monoisotopic (exact) mass is 201 g/mol. The van der Waals surface area contributed by atoms with E-state index in [9.17, 15) is 0 Å². The molecule has 0 aliphatic heterocycles. The average molecular weight is 201 g/mol. The number of hydrogen-bond donors (Lipinski definition) is 1. The Hall–Kier alpha value is -1.41. The van der Waals surface area contributed by atoms with Gasteiger partial charge in [0.2, 0.25) is 0 Å². The zero-order valence-corrected chi connectivity index (χ0v) is 8.77. The van der Waals surface area contributed by atoms with E-state index in [0.29, 0.717) is 0 Å². The summed E-state index contributed by atoms with van der Waals surface area (Å²) in [7, 11) is 0. The lowest BCUT2D eigenvalue weighted by Gasteiger charge is -2.01. The lowest BCUT2D eigenvalue weighted by molar-refractivity contribution is 1.29. The van der Waals surface area contributed by atoms with Crippen LogP contribution in [-0.2, 0) is 0 Å². The minimum absolute atomic E-state index is 0.767. The average Bonchev–Trinajstić information content (AvgIpc) is 2.19. The van der Waals surface area contributed by atoms with Gasteiger partial charge >= 0.3 is 0 Å². The minimum atomic E-state index is 0.767. The molecule has 70 valence electrons. The smallest absolute Gasteiger partial charge is 0.103 e. The van der Waals surface area contributed by atoms with E-state index in [2.05, 4.69) is 36.2 Å². The third kappa shape index (κ3) is 1.91. The highest BCUT2D eigenvalue weighted by molar-refractivity contribution is 7.71. The first-order chi connectivity index (χ1) is 6.75. The second-order valence-corrected chi connectivity index (χ2v) is 3.73. The highest BCUT2D eigenvalue weighted by Crippen LogP contribution is 2.16. The van der Waals surface area contributed by atoms with Gasteiger partial charge in [0.25, 0.3) is 0 Å². The Labute approximate surface area is 88.4 Å². The molecule has 2 heteroatoms. The number of H-pyrrole nitrogens is 1. The van der Waals surface area contributed by atoms with Crippen LogP contribution in [-0.4, -0.2) is 4.98 Å². The van der Waals surface area contributed by atoms with Crippen molar-refractivity contribution in [3.63, 3.8) is 0 Å². The summed E-state index contributed by atoms with van der Waals surface area (Å²) in [6.45, 7) is 2.08. The molecule has 2 rings (SSSR count). The first-order valence-corrected chi connectivity index (χ1v) is 4.93. The molecule has 0 radical (unpaired) electrons. The summed E-state index contributed by atoms with van der Waals surface area (Å²) in [4.78, 5) is 3.16.